The average molecular weight is 542 g/mol. The van der Waals surface area contributed by atoms with Gasteiger partial charge >= 0.3 is 9.39 Å². The highest BCUT2D eigenvalue weighted by molar-refractivity contribution is 7.92. The van der Waals surface area contributed by atoms with Gasteiger partial charge in [0.1, 0.15) is 18.0 Å². The van der Waals surface area contributed by atoms with Crippen LogP contribution in [0.15, 0.2) is 10.6 Å². The first-order valence-electron chi connectivity index (χ1n) is 10.6. The van der Waals surface area contributed by atoms with Crippen molar-refractivity contribution in [1.82, 2.24) is 4.67 Å². The Morgan fingerprint density at radius 1 is 0.750 bits per heavy atom. The van der Waals surface area contributed by atoms with Gasteiger partial charge in [0, 0.05) is 24.9 Å². The monoisotopic (exact) mass is 539 g/mol. The van der Waals surface area contributed by atoms with E-state index in [1.807, 2.05) is 10.6 Å². The van der Waals surface area contributed by atoms with E-state index >= 15 is 0 Å². The quantitative estimate of drug-likeness (QED) is 0.219. The van der Waals surface area contributed by atoms with Crippen LogP contribution >= 0.6 is 47.6 Å². The van der Waals surface area contributed by atoms with E-state index in [0.717, 1.165) is 4.91 Å². The summed E-state index contributed by atoms with van der Waals surface area (Å²) >= 11 is 0. The predicted octanol–water partition coefficient (Wildman–Crippen LogP) is 9.58. The van der Waals surface area contributed by atoms with Crippen molar-refractivity contribution in [3.05, 3.63) is 10.6 Å². The Bertz CT molecular complexity index is 510. The van der Waals surface area contributed by atoms with Gasteiger partial charge in [-0.15, -0.1) is 0 Å². The Hall–Kier alpha value is 2.26. The zero-order chi connectivity index (χ0) is 22.9. The lowest BCUT2D eigenvalue weighted by molar-refractivity contribution is 0.321. The van der Waals surface area contributed by atoms with E-state index in [1.165, 1.54) is 12.8 Å². The molecular weight excluding hydrogens is 498 g/mol. The molecule has 0 saturated carbocycles. The van der Waals surface area contributed by atoms with Crippen LogP contribution in [0.4, 0.5) is 0 Å². The zero-order valence-corrected chi connectivity index (χ0v) is 27.2. The first-order chi connectivity index (χ1) is 12.3. The van der Waals surface area contributed by atoms with Crippen molar-refractivity contribution in [3.8, 4) is 0 Å². The third kappa shape index (κ3) is 7.69. The summed E-state index contributed by atoms with van der Waals surface area (Å²) in [5, 5.41) is 3.83. The minimum atomic E-state index is -2.94. The van der Waals surface area contributed by atoms with Crippen LogP contribution in [0, 0.1) is 0 Å². The van der Waals surface area contributed by atoms with E-state index in [0.29, 0.717) is 12.1 Å². The lowest BCUT2D eigenvalue weighted by Gasteiger charge is -2.46. The number of hydrogen-bond donors (Lipinski definition) is 0. The van der Waals surface area contributed by atoms with Crippen molar-refractivity contribution in [2.75, 3.05) is 0 Å². The second-order valence-corrected chi connectivity index (χ2v) is 38.9. The van der Waals surface area contributed by atoms with Crippen molar-refractivity contribution >= 4 is 73.1 Å². The fourth-order valence-corrected chi connectivity index (χ4v) is 32.9. The molecule has 1 heterocycles. The van der Waals surface area contributed by atoms with E-state index in [9.17, 15) is 0 Å². The highest BCUT2D eigenvalue weighted by atomic mass is 35.9. The maximum Gasteiger partial charge on any atom is 0.564 e. The number of halogens is 4. The molecule has 0 aliphatic carbocycles. The van der Waals surface area contributed by atoms with E-state index in [-0.39, 0.29) is 0 Å². The Labute approximate surface area is 197 Å². The Kier molecular flexibility index (Phi) is 11.8. The third-order valence-corrected chi connectivity index (χ3v) is 25.6. The summed E-state index contributed by atoms with van der Waals surface area (Å²) in [5.41, 5.74) is 0. The second-order valence-electron chi connectivity index (χ2n) is 10.5. The summed E-state index contributed by atoms with van der Waals surface area (Å²) in [6.07, 6.45) is 2.58. The van der Waals surface area contributed by atoms with Gasteiger partial charge in [-0.1, -0.05) is 53.1 Å². The molecular formula is C19H43AlCl4NPSi2. The summed E-state index contributed by atoms with van der Waals surface area (Å²) < 4.78 is 3.01. The van der Waals surface area contributed by atoms with Crippen molar-refractivity contribution in [2.45, 2.75) is 111 Å². The molecule has 0 fully saturated rings. The molecule has 1 aliphatic heterocycles. The van der Waals surface area contributed by atoms with E-state index < -0.39 is 33.0 Å². The molecule has 0 aromatic rings. The van der Waals surface area contributed by atoms with Gasteiger partial charge < -0.3 is 40.2 Å². The van der Waals surface area contributed by atoms with Crippen LogP contribution in [0.25, 0.3) is 0 Å². The largest absolute Gasteiger partial charge is 0.564 e. The summed E-state index contributed by atoms with van der Waals surface area (Å²) in [5.74, 6) is 0. The molecule has 0 radical (unpaired) electrons. The number of hydrogen-bond acceptors (Lipinski definition) is 1. The topological polar surface area (TPSA) is 3.24 Å². The minimum absolute atomic E-state index is 0.657. The fourth-order valence-electron chi connectivity index (χ4n) is 5.71. The van der Waals surface area contributed by atoms with Crippen molar-refractivity contribution in [1.29, 1.82) is 0 Å². The van der Waals surface area contributed by atoms with Gasteiger partial charge in [0.25, 0.3) is 0 Å². The van der Waals surface area contributed by atoms with Gasteiger partial charge in [-0.3, -0.25) is 0 Å². The summed E-state index contributed by atoms with van der Waals surface area (Å²) in [7, 11) is 13.4. The van der Waals surface area contributed by atoms with E-state index in [4.69, 9.17) is 40.2 Å². The smallest absolute Gasteiger partial charge is 0.391 e. The molecule has 1 aliphatic rings. The summed E-state index contributed by atoms with van der Waals surface area (Å²) in [4.78, 5) is 1.01. The molecule has 0 aromatic heterocycles. The Morgan fingerprint density at radius 3 is 1.14 bits per heavy atom. The highest BCUT2D eigenvalue weighted by Crippen LogP contribution is 2.94. The van der Waals surface area contributed by atoms with Crippen LogP contribution in [0.3, 0.4) is 0 Å². The lowest BCUT2D eigenvalue weighted by Crippen LogP contribution is -2.57. The van der Waals surface area contributed by atoms with Gasteiger partial charge in [0.2, 0.25) is 0 Å². The Morgan fingerprint density at radius 2 is 1.00 bits per heavy atom. The van der Waals surface area contributed by atoms with E-state index in [2.05, 4.69) is 85.5 Å². The van der Waals surface area contributed by atoms with E-state index in [1.54, 1.807) is 0 Å². The first-order valence-corrected chi connectivity index (χ1v) is 26.5. The molecule has 1 rings (SSSR count). The molecule has 0 aromatic carbocycles. The molecule has 168 valence electrons. The maximum absolute atomic E-state index is 4.99. The predicted molar refractivity (Wildman–Crippen MR) is 146 cm³/mol. The normalized spacial score (nSPS) is 17.6. The minimum Gasteiger partial charge on any atom is -0.391 e. The molecule has 0 unspecified atom stereocenters. The second kappa shape index (κ2) is 10.9. The van der Waals surface area contributed by atoms with Crippen LogP contribution in [-0.2, 0) is 0 Å². The zero-order valence-electron chi connectivity index (χ0n) is 20.1. The molecule has 28 heavy (non-hydrogen) atoms. The van der Waals surface area contributed by atoms with Crippen molar-refractivity contribution < 1.29 is 0 Å². The van der Waals surface area contributed by atoms with Crippen LogP contribution in [0.2, 0.25) is 39.3 Å². The fraction of sp³-hybridized carbons (Fsp3) is 0.895. The molecule has 0 bridgehead atoms. The van der Waals surface area contributed by atoms with Gasteiger partial charge in [-0.05, 0) is 27.7 Å². The van der Waals surface area contributed by atoms with Gasteiger partial charge in [0.15, 0.2) is 0 Å². The van der Waals surface area contributed by atoms with Crippen LogP contribution in [-0.4, -0.2) is 47.2 Å². The molecule has 9 heteroatoms. The third-order valence-electron chi connectivity index (χ3n) is 5.21. The Balaban J connectivity index is 0.00000129. The van der Waals surface area contributed by atoms with Crippen molar-refractivity contribution in [3.63, 3.8) is 0 Å². The number of nitrogens with zero attached hydrogens (tertiary/aromatic N) is 1. The molecule has 1 nitrogen and oxygen atoms in total. The summed E-state index contributed by atoms with van der Waals surface area (Å²) in [6.45, 7) is 30.5. The molecule has 0 spiro atoms. The average Bonchev–Trinajstić information content (AvgIpc) is 2.98. The van der Waals surface area contributed by atoms with Gasteiger partial charge in [-0.25, -0.2) is 0 Å². The standard InChI is InChI=1S/C19H43NPSi2.Al.4ClH/c1-13-17-18(14-2)21(17,20(15(3)4)16(5)6)19(22(7,8)9)23(10,11)12;;;;;/h15-16,19H,13-14H2,1-12H3;;4*1H/q+1;+3;;;;/p-4. The molecule has 0 N–H and O–H groups in total. The molecule has 0 saturated heterocycles. The van der Waals surface area contributed by atoms with Crippen LogP contribution in [0.1, 0.15) is 54.4 Å². The lowest BCUT2D eigenvalue weighted by atomic mass is 10.3. The SMILES string of the molecule is CCC1=C(CC)[P+]1(C([Si](C)(C)C)[Si](C)(C)C)N(C(C)C)C(C)C.[Cl][Al-]([Cl])([Cl])[Cl]. The highest BCUT2D eigenvalue weighted by Gasteiger charge is 2.75. The maximum atomic E-state index is 4.99. The van der Waals surface area contributed by atoms with Crippen LogP contribution in [0.5, 0.6) is 0 Å². The molecule has 0 amide bonds. The van der Waals surface area contributed by atoms with Crippen LogP contribution < -0.4 is 0 Å². The van der Waals surface area contributed by atoms with Gasteiger partial charge in [-0.2, -0.15) is 4.67 Å². The van der Waals surface area contributed by atoms with Crippen molar-refractivity contribution in [2.24, 2.45) is 0 Å². The summed E-state index contributed by atoms with van der Waals surface area (Å²) in [6, 6.07) is 1.31. The van der Waals surface area contributed by atoms with Gasteiger partial charge in [0.05, 0.1) is 21.1 Å². The first kappa shape index (κ1) is 30.3. The molecule has 0 atom stereocenters. The number of allylic oxidation sites excluding steroid dienone is 2. The number of rotatable bonds is 8.